The summed E-state index contributed by atoms with van der Waals surface area (Å²) in [7, 11) is 0. The zero-order valence-corrected chi connectivity index (χ0v) is 27.4. The topological polar surface area (TPSA) is 111 Å². The predicted molar refractivity (Wildman–Crippen MR) is 184 cm³/mol. The van der Waals surface area contributed by atoms with E-state index < -0.39 is 5.97 Å². The lowest BCUT2D eigenvalue weighted by Crippen LogP contribution is -2.48. The molecule has 7 nitrogen and oxygen atoms in total. The maximum atomic E-state index is 13.5. The lowest BCUT2D eigenvalue weighted by molar-refractivity contribution is -0.0978. The third-order valence-electron chi connectivity index (χ3n) is 7.68. The number of aromatic carboxylic acids is 1. The molecule has 0 unspecified atom stereocenters. The fourth-order valence-corrected chi connectivity index (χ4v) is 4.32. The number of hydrogen-bond acceptors (Lipinski definition) is 5. The second-order valence-corrected chi connectivity index (χ2v) is 12.4. The molecule has 0 bridgehead atoms. The minimum atomic E-state index is -0.983. The van der Waals surface area contributed by atoms with Gasteiger partial charge in [0.1, 0.15) is 11.6 Å². The van der Waals surface area contributed by atoms with Gasteiger partial charge in [0.2, 0.25) is 0 Å². The molecule has 2 saturated heterocycles. The van der Waals surface area contributed by atoms with Crippen LogP contribution in [0.1, 0.15) is 56.8 Å². The number of carboxylic acid groups (broad SMARTS) is 1. The molecular formula is C40H38F2N2O5. The molecule has 6 rings (SSSR count). The number of amides is 1. The summed E-state index contributed by atoms with van der Waals surface area (Å²) in [6, 6.07) is 25.7. The van der Waals surface area contributed by atoms with Crippen molar-refractivity contribution in [2.24, 2.45) is 16.6 Å². The van der Waals surface area contributed by atoms with Crippen LogP contribution in [-0.4, -0.2) is 56.5 Å². The molecule has 252 valence electrons. The Morgan fingerprint density at radius 1 is 0.694 bits per heavy atom. The Bertz CT molecular complexity index is 1860. The van der Waals surface area contributed by atoms with Crippen LogP contribution in [0.2, 0.25) is 0 Å². The van der Waals surface area contributed by atoms with E-state index in [0.29, 0.717) is 47.4 Å². The molecule has 1 amide bonds. The molecule has 2 aliphatic heterocycles. The van der Waals surface area contributed by atoms with Crippen LogP contribution in [0, 0.1) is 46.1 Å². The van der Waals surface area contributed by atoms with Crippen molar-refractivity contribution in [2.45, 2.75) is 13.8 Å². The van der Waals surface area contributed by atoms with E-state index in [-0.39, 0.29) is 28.5 Å². The van der Waals surface area contributed by atoms with Gasteiger partial charge < -0.3 is 25.6 Å². The number of carbonyl (C=O) groups excluding carboxylic acids is 1. The largest absolute Gasteiger partial charge is 0.478 e. The highest BCUT2D eigenvalue weighted by molar-refractivity contribution is 5.94. The summed E-state index contributed by atoms with van der Waals surface area (Å²) in [4.78, 5) is 22.8. The Labute approximate surface area is 285 Å². The molecule has 0 aromatic heterocycles. The van der Waals surface area contributed by atoms with E-state index in [2.05, 4.69) is 42.8 Å². The molecule has 0 spiro atoms. The van der Waals surface area contributed by atoms with E-state index in [9.17, 15) is 18.4 Å². The number of carboxylic acids is 1. The summed E-state index contributed by atoms with van der Waals surface area (Å²) in [5.41, 5.74) is 8.58. The van der Waals surface area contributed by atoms with Gasteiger partial charge in [-0.15, -0.1) is 0 Å². The normalized spacial score (nSPS) is 14.6. The number of rotatable bonds is 5. The van der Waals surface area contributed by atoms with Crippen LogP contribution in [0.5, 0.6) is 0 Å². The Hall–Kier alpha value is -5.32. The van der Waals surface area contributed by atoms with E-state index in [1.54, 1.807) is 72.8 Å². The molecule has 2 aliphatic rings. The minimum absolute atomic E-state index is 0.0425. The van der Waals surface area contributed by atoms with Gasteiger partial charge in [-0.25, -0.2) is 13.6 Å². The number of ether oxygens (including phenoxy) is 2. The van der Waals surface area contributed by atoms with Crippen molar-refractivity contribution >= 4 is 11.9 Å². The summed E-state index contributed by atoms with van der Waals surface area (Å²) >= 11 is 0. The van der Waals surface area contributed by atoms with Crippen molar-refractivity contribution in [3.63, 3.8) is 0 Å². The van der Waals surface area contributed by atoms with Crippen molar-refractivity contribution in [1.82, 2.24) is 5.32 Å². The van der Waals surface area contributed by atoms with Gasteiger partial charge in [0.05, 0.1) is 43.1 Å². The SMILES string of the molecule is CC1(CN)COC1.CC1(CNC(=O)c2ccc(C#Cc3ccccc3F)cc2)COC1.O=C(O)c1ccc(C#Cc2ccccc2F)cc1. The Morgan fingerprint density at radius 3 is 1.47 bits per heavy atom. The molecule has 49 heavy (non-hydrogen) atoms. The van der Waals surface area contributed by atoms with Gasteiger partial charge in [0.15, 0.2) is 0 Å². The summed E-state index contributed by atoms with van der Waals surface area (Å²) in [5.74, 6) is 9.39. The third-order valence-corrected chi connectivity index (χ3v) is 7.68. The standard InChI is InChI=1S/C20H18FNO2.C15H9FO2.C5H11NO/c1-20(13-24-14-20)12-22-19(23)17-10-7-15(8-11-17)6-9-16-4-2-3-5-18(16)21;16-14-4-2-1-3-12(14)8-5-11-6-9-13(10-7-11)15(17)18;1-5(2-6)3-7-4-5/h2-5,7-8,10-11H,12-14H2,1H3,(H,22,23);1-4,6-7,9-10H,(H,17,18);2-4,6H2,1H3. The Balaban J connectivity index is 0.000000189. The van der Waals surface area contributed by atoms with Crippen molar-refractivity contribution in [3.8, 4) is 23.7 Å². The van der Waals surface area contributed by atoms with E-state index in [0.717, 1.165) is 25.3 Å². The number of carbonyl (C=O) groups is 2. The van der Waals surface area contributed by atoms with Gasteiger partial charge in [-0.1, -0.05) is 61.8 Å². The number of hydrogen-bond donors (Lipinski definition) is 3. The van der Waals surface area contributed by atoms with E-state index >= 15 is 0 Å². The smallest absolute Gasteiger partial charge is 0.335 e. The van der Waals surface area contributed by atoms with Gasteiger partial charge in [-0.3, -0.25) is 4.79 Å². The molecule has 2 fully saturated rings. The summed E-state index contributed by atoms with van der Waals surface area (Å²) < 4.78 is 36.9. The first-order chi connectivity index (χ1) is 23.5. The highest BCUT2D eigenvalue weighted by Gasteiger charge is 2.33. The summed E-state index contributed by atoms with van der Waals surface area (Å²) in [5, 5.41) is 11.7. The second-order valence-electron chi connectivity index (χ2n) is 12.4. The quantitative estimate of drug-likeness (QED) is 0.230. The lowest BCUT2D eigenvalue weighted by atomic mass is 9.88. The highest BCUT2D eigenvalue weighted by Crippen LogP contribution is 2.25. The maximum absolute atomic E-state index is 13.5. The van der Waals surface area contributed by atoms with E-state index in [1.165, 1.54) is 24.3 Å². The number of halogens is 2. The average molecular weight is 665 g/mol. The lowest BCUT2D eigenvalue weighted by Gasteiger charge is -2.38. The van der Waals surface area contributed by atoms with Crippen molar-refractivity contribution in [3.05, 3.63) is 142 Å². The maximum Gasteiger partial charge on any atom is 0.335 e. The molecule has 4 aromatic carbocycles. The van der Waals surface area contributed by atoms with Crippen LogP contribution in [0.25, 0.3) is 0 Å². The van der Waals surface area contributed by atoms with Crippen LogP contribution in [0.3, 0.4) is 0 Å². The fourth-order valence-electron chi connectivity index (χ4n) is 4.32. The molecule has 0 radical (unpaired) electrons. The summed E-state index contributed by atoms with van der Waals surface area (Å²) in [6.07, 6.45) is 0. The molecule has 4 aromatic rings. The van der Waals surface area contributed by atoms with Crippen molar-refractivity contribution < 1.29 is 33.0 Å². The zero-order valence-electron chi connectivity index (χ0n) is 27.4. The third kappa shape index (κ3) is 11.1. The second kappa shape index (κ2) is 17.2. The van der Waals surface area contributed by atoms with Gasteiger partial charge in [-0.05, 0) is 72.8 Å². The molecule has 9 heteroatoms. The van der Waals surface area contributed by atoms with Crippen LogP contribution in [0.15, 0.2) is 97.1 Å². The number of benzene rings is 4. The minimum Gasteiger partial charge on any atom is -0.478 e. The molecule has 2 heterocycles. The van der Waals surface area contributed by atoms with Gasteiger partial charge >= 0.3 is 5.97 Å². The Kier molecular flexibility index (Phi) is 12.8. The monoisotopic (exact) mass is 664 g/mol. The van der Waals surface area contributed by atoms with Crippen LogP contribution < -0.4 is 11.1 Å². The molecule has 0 saturated carbocycles. The van der Waals surface area contributed by atoms with Crippen molar-refractivity contribution in [1.29, 1.82) is 0 Å². The van der Waals surface area contributed by atoms with E-state index in [1.807, 2.05) is 0 Å². The zero-order chi connectivity index (χ0) is 35.3. The van der Waals surface area contributed by atoms with Crippen molar-refractivity contribution in [2.75, 3.05) is 39.5 Å². The first kappa shape index (κ1) is 36.5. The molecular weight excluding hydrogens is 626 g/mol. The fraction of sp³-hybridized carbons (Fsp3) is 0.250. The molecule has 0 aliphatic carbocycles. The number of nitrogens with two attached hydrogens (primary N) is 1. The molecule has 0 atom stereocenters. The number of nitrogens with one attached hydrogen (secondary N) is 1. The van der Waals surface area contributed by atoms with Crippen LogP contribution in [-0.2, 0) is 9.47 Å². The van der Waals surface area contributed by atoms with Gasteiger partial charge in [0.25, 0.3) is 5.91 Å². The van der Waals surface area contributed by atoms with E-state index in [4.69, 9.17) is 20.3 Å². The first-order valence-electron chi connectivity index (χ1n) is 15.6. The van der Waals surface area contributed by atoms with Gasteiger partial charge in [0, 0.05) is 40.6 Å². The predicted octanol–water partition coefficient (Wildman–Crippen LogP) is 5.90. The Morgan fingerprint density at radius 2 is 1.12 bits per heavy atom. The average Bonchev–Trinajstić information content (AvgIpc) is 3.09. The summed E-state index contributed by atoms with van der Waals surface area (Å²) in [6.45, 7) is 8.63. The first-order valence-corrected chi connectivity index (χ1v) is 15.6. The van der Waals surface area contributed by atoms with Crippen LogP contribution in [0.4, 0.5) is 8.78 Å². The van der Waals surface area contributed by atoms with Crippen LogP contribution >= 0.6 is 0 Å². The highest BCUT2D eigenvalue weighted by atomic mass is 19.1. The molecule has 4 N–H and O–H groups in total. The van der Waals surface area contributed by atoms with Gasteiger partial charge in [-0.2, -0.15) is 0 Å².